The molecule has 4 aliphatic rings. The molecule has 2 unspecified atom stereocenters. The molecule has 0 bridgehead atoms. The minimum Gasteiger partial charge on any atom is -0.338 e. The van der Waals surface area contributed by atoms with Gasteiger partial charge in [-0.3, -0.25) is 0 Å². The lowest BCUT2D eigenvalue weighted by Crippen LogP contribution is -2.36. The third-order valence-corrected chi connectivity index (χ3v) is 12.7. The molecule has 1 aromatic heterocycles. The van der Waals surface area contributed by atoms with Crippen molar-refractivity contribution in [3.05, 3.63) is 203 Å². The number of hydrogen-bond donors (Lipinski definition) is 0. The number of fused-ring (bicyclic) bond motifs is 6. The van der Waals surface area contributed by atoms with Crippen molar-refractivity contribution >= 4 is 28.2 Å². The molecule has 2 atom stereocenters. The second-order valence-electron chi connectivity index (χ2n) is 16.5. The van der Waals surface area contributed by atoms with Crippen LogP contribution >= 0.6 is 0 Å². The van der Waals surface area contributed by atoms with Gasteiger partial charge in [0.15, 0.2) is 0 Å². The maximum Gasteiger partial charge on any atom is 0.0556 e. The van der Waals surface area contributed by atoms with Crippen molar-refractivity contribution in [3.63, 3.8) is 0 Å². The molecule has 0 saturated carbocycles. The topological polar surface area (TPSA) is 8.17 Å². The highest BCUT2D eigenvalue weighted by molar-refractivity contribution is 5.93. The summed E-state index contributed by atoms with van der Waals surface area (Å²) in [7, 11) is 0. The lowest BCUT2D eigenvalue weighted by Gasteiger charge is -2.39. The van der Waals surface area contributed by atoms with E-state index in [1.165, 1.54) is 83.7 Å². The van der Waals surface area contributed by atoms with E-state index < -0.39 is 0 Å². The van der Waals surface area contributed by atoms with Crippen molar-refractivity contribution in [2.75, 3.05) is 4.90 Å². The summed E-state index contributed by atoms with van der Waals surface area (Å²) in [5, 5.41) is 1.39. The summed E-state index contributed by atoms with van der Waals surface area (Å²) in [4.78, 5) is 2.63. The SMILES string of the molecule is CC1CC(c2ccc3c(c2)c2c(n3-c3ccc(Cc4ccccc4)cc3)C=CCC2)=CC=C1N(c1ccc2c(c1)C(C)(C)c1ccccc1-2)C1C=CC=CC1. The third-order valence-electron chi connectivity index (χ3n) is 12.7. The normalized spacial score (nSPS) is 19.1. The molecule has 55 heavy (non-hydrogen) atoms. The zero-order chi connectivity index (χ0) is 37.1. The van der Waals surface area contributed by atoms with E-state index >= 15 is 0 Å². The molecule has 0 N–H and O–H groups in total. The zero-order valence-corrected chi connectivity index (χ0v) is 32.2. The average Bonchev–Trinajstić information content (AvgIpc) is 3.67. The Hall–Kier alpha value is -5.86. The highest BCUT2D eigenvalue weighted by atomic mass is 15.2. The molecule has 0 amide bonds. The fourth-order valence-corrected chi connectivity index (χ4v) is 9.83. The van der Waals surface area contributed by atoms with Crippen molar-refractivity contribution in [2.24, 2.45) is 5.92 Å². The fourth-order valence-electron chi connectivity index (χ4n) is 9.83. The molecule has 6 aromatic rings. The Kier molecular flexibility index (Phi) is 8.25. The van der Waals surface area contributed by atoms with Crippen LogP contribution in [0.2, 0.25) is 0 Å². The number of rotatable bonds is 7. The standard InChI is InChI=1S/C53H48N2/c1-36-32-39(24-30-50(36)54(41-16-8-5-9-17-41)43-28-29-45-44-18-10-12-20-48(44)53(2,3)49(45)35-43)40-25-31-52-47(34-40)46-19-11-13-21-51(46)55(52)42-26-22-38(23-27-42)33-37-14-6-4-7-15-37/h4-10,12-16,18,20-31,34-36,41H,11,17,19,32-33H2,1-3H3. The molecule has 5 aromatic carbocycles. The summed E-state index contributed by atoms with van der Waals surface area (Å²) in [6, 6.07) is 43.6. The van der Waals surface area contributed by atoms with Crippen LogP contribution in [0.25, 0.3) is 39.4 Å². The van der Waals surface area contributed by atoms with Crippen LogP contribution < -0.4 is 4.90 Å². The first-order valence-corrected chi connectivity index (χ1v) is 20.2. The number of allylic oxidation sites excluding steroid dienone is 7. The Morgan fingerprint density at radius 2 is 1.55 bits per heavy atom. The third kappa shape index (κ3) is 5.78. The van der Waals surface area contributed by atoms with Crippen molar-refractivity contribution < 1.29 is 0 Å². The van der Waals surface area contributed by atoms with Crippen molar-refractivity contribution in [2.45, 2.75) is 64.3 Å². The monoisotopic (exact) mass is 712 g/mol. The molecular weight excluding hydrogens is 665 g/mol. The van der Waals surface area contributed by atoms with E-state index in [9.17, 15) is 0 Å². The van der Waals surface area contributed by atoms with Gasteiger partial charge < -0.3 is 9.47 Å². The van der Waals surface area contributed by atoms with E-state index in [2.05, 4.69) is 194 Å². The van der Waals surface area contributed by atoms with Gasteiger partial charge in [-0.2, -0.15) is 0 Å². The van der Waals surface area contributed by atoms with Gasteiger partial charge in [0.1, 0.15) is 0 Å². The molecule has 4 aliphatic carbocycles. The van der Waals surface area contributed by atoms with Gasteiger partial charge in [-0.1, -0.05) is 136 Å². The molecular formula is C53H48N2. The van der Waals surface area contributed by atoms with Crippen molar-refractivity contribution in [3.8, 4) is 16.8 Å². The predicted molar refractivity (Wildman–Crippen MR) is 233 cm³/mol. The lowest BCUT2D eigenvalue weighted by molar-refractivity contribution is 0.619. The molecule has 0 aliphatic heterocycles. The minimum atomic E-state index is -0.0338. The quantitative estimate of drug-likeness (QED) is 0.160. The first-order valence-electron chi connectivity index (χ1n) is 20.2. The van der Waals surface area contributed by atoms with Crippen LogP contribution in [0.15, 0.2) is 163 Å². The van der Waals surface area contributed by atoms with E-state index in [1.54, 1.807) is 0 Å². The number of aryl methyl sites for hydroxylation is 1. The van der Waals surface area contributed by atoms with Gasteiger partial charge in [0.25, 0.3) is 0 Å². The Morgan fingerprint density at radius 3 is 2.36 bits per heavy atom. The highest BCUT2D eigenvalue weighted by Crippen LogP contribution is 2.50. The summed E-state index contributed by atoms with van der Waals surface area (Å²) < 4.78 is 2.48. The molecule has 2 nitrogen and oxygen atoms in total. The predicted octanol–water partition coefficient (Wildman–Crippen LogP) is 13.2. The van der Waals surface area contributed by atoms with Crippen LogP contribution in [-0.2, 0) is 18.3 Å². The van der Waals surface area contributed by atoms with Gasteiger partial charge >= 0.3 is 0 Å². The van der Waals surface area contributed by atoms with Gasteiger partial charge in [0.2, 0.25) is 0 Å². The molecule has 0 saturated heterocycles. The number of aromatic nitrogens is 1. The van der Waals surface area contributed by atoms with E-state index in [1.807, 2.05) is 0 Å². The van der Waals surface area contributed by atoms with Crippen LogP contribution in [0.1, 0.15) is 79.1 Å². The Labute approximate surface area is 326 Å². The van der Waals surface area contributed by atoms with E-state index in [-0.39, 0.29) is 11.5 Å². The second-order valence-corrected chi connectivity index (χ2v) is 16.5. The van der Waals surface area contributed by atoms with Crippen LogP contribution in [-0.4, -0.2) is 10.6 Å². The number of benzene rings is 5. The van der Waals surface area contributed by atoms with Crippen molar-refractivity contribution in [1.29, 1.82) is 0 Å². The molecule has 0 radical (unpaired) electrons. The van der Waals surface area contributed by atoms with Gasteiger partial charge in [-0.05, 0) is 131 Å². The lowest BCUT2D eigenvalue weighted by atomic mass is 9.82. The zero-order valence-electron chi connectivity index (χ0n) is 32.2. The first kappa shape index (κ1) is 33.7. The summed E-state index contributed by atoms with van der Waals surface area (Å²) in [5.74, 6) is 0.365. The first-order chi connectivity index (χ1) is 26.9. The molecule has 270 valence electrons. The van der Waals surface area contributed by atoms with E-state index in [0.717, 1.165) is 32.1 Å². The maximum atomic E-state index is 2.63. The second kappa shape index (κ2) is 13.5. The number of nitrogens with zero attached hydrogens (tertiary/aromatic N) is 2. The van der Waals surface area contributed by atoms with E-state index in [4.69, 9.17) is 0 Å². The van der Waals surface area contributed by atoms with Gasteiger partial charge in [-0.25, -0.2) is 0 Å². The summed E-state index contributed by atoms with van der Waals surface area (Å²) in [5.41, 5.74) is 19.0. The molecule has 1 heterocycles. The number of anilines is 1. The smallest absolute Gasteiger partial charge is 0.0556 e. The van der Waals surface area contributed by atoms with Crippen LogP contribution in [0.5, 0.6) is 0 Å². The van der Waals surface area contributed by atoms with E-state index in [0.29, 0.717) is 5.92 Å². The molecule has 0 fully saturated rings. The molecule has 0 spiro atoms. The molecule has 2 heteroatoms. The average molecular weight is 713 g/mol. The number of hydrogen-bond acceptors (Lipinski definition) is 1. The van der Waals surface area contributed by atoms with Crippen LogP contribution in [0.3, 0.4) is 0 Å². The minimum absolute atomic E-state index is 0.0338. The molecule has 10 rings (SSSR count). The van der Waals surface area contributed by atoms with Gasteiger partial charge in [0.05, 0.1) is 11.6 Å². The summed E-state index contributed by atoms with van der Waals surface area (Å²) in [6.07, 6.45) is 23.7. The Morgan fingerprint density at radius 1 is 0.745 bits per heavy atom. The van der Waals surface area contributed by atoms with Gasteiger partial charge in [-0.15, -0.1) is 0 Å². The van der Waals surface area contributed by atoms with Crippen molar-refractivity contribution in [1.82, 2.24) is 4.57 Å². The van der Waals surface area contributed by atoms with Crippen LogP contribution in [0.4, 0.5) is 5.69 Å². The Balaban J connectivity index is 1.00. The highest BCUT2D eigenvalue weighted by Gasteiger charge is 2.36. The maximum absolute atomic E-state index is 2.63. The summed E-state index contributed by atoms with van der Waals surface area (Å²) >= 11 is 0. The fraction of sp³-hybridized carbons (Fsp3) is 0.208. The van der Waals surface area contributed by atoms with Gasteiger partial charge in [0, 0.05) is 39.5 Å². The largest absolute Gasteiger partial charge is 0.338 e. The Bertz CT molecular complexity index is 2600. The summed E-state index contributed by atoms with van der Waals surface area (Å²) in [6.45, 7) is 7.19. The van der Waals surface area contributed by atoms with Crippen LogP contribution in [0, 0.1) is 5.92 Å².